The lowest BCUT2D eigenvalue weighted by atomic mass is 10.0. The van der Waals surface area contributed by atoms with Crippen LogP contribution in [0.5, 0.6) is 5.75 Å². The van der Waals surface area contributed by atoms with E-state index in [2.05, 4.69) is 11.9 Å². The molecule has 2 aliphatic rings. The summed E-state index contributed by atoms with van der Waals surface area (Å²) in [4.78, 5) is 25.6. The number of non-ortho nitro benzene ring substituents is 1. The fourth-order valence-electron chi connectivity index (χ4n) is 3.40. The van der Waals surface area contributed by atoms with Gasteiger partial charge < -0.3 is 15.0 Å². The maximum Gasteiger partial charge on any atom is 0.270 e. The van der Waals surface area contributed by atoms with E-state index in [-0.39, 0.29) is 11.6 Å². The van der Waals surface area contributed by atoms with Crippen molar-refractivity contribution in [2.24, 2.45) is 0 Å². The van der Waals surface area contributed by atoms with Crippen LogP contribution in [-0.2, 0) is 4.79 Å². The zero-order valence-electron chi connectivity index (χ0n) is 16.2. The summed E-state index contributed by atoms with van der Waals surface area (Å²) in [5.41, 5.74) is 3.66. The van der Waals surface area contributed by atoms with Crippen LogP contribution in [0.1, 0.15) is 19.4 Å². The number of nitrogens with zero attached hydrogens (tertiary/aromatic N) is 2. The topological polar surface area (TPSA) is 84.7 Å². The molecular formula is C21H19N3O4S. The number of anilines is 2. The van der Waals surface area contributed by atoms with Crippen molar-refractivity contribution in [3.63, 3.8) is 0 Å². The predicted octanol–water partition coefficient (Wildman–Crippen LogP) is 4.80. The lowest BCUT2D eigenvalue weighted by molar-refractivity contribution is -0.384. The molecule has 0 aromatic heterocycles. The lowest BCUT2D eigenvalue weighted by Gasteiger charge is -2.40. The molecule has 1 N–H and O–H groups in total. The number of carbonyl (C=O) groups excluding carboxylic acids is 1. The molecule has 1 unspecified atom stereocenters. The fourth-order valence-corrected chi connectivity index (χ4v) is 4.72. The normalized spacial score (nSPS) is 19.1. The number of ether oxygens (including phenoxy) is 1. The van der Waals surface area contributed by atoms with Gasteiger partial charge in [-0.25, -0.2) is 0 Å². The van der Waals surface area contributed by atoms with Crippen molar-refractivity contribution >= 4 is 40.8 Å². The zero-order chi connectivity index (χ0) is 20.9. The number of thioether (sulfide) groups is 1. The van der Waals surface area contributed by atoms with E-state index in [0.717, 1.165) is 16.2 Å². The van der Waals surface area contributed by atoms with E-state index < -0.39 is 9.98 Å². The molecule has 0 fully saturated rings. The molecule has 2 heterocycles. The summed E-state index contributed by atoms with van der Waals surface area (Å²) in [5, 5.41) is 13.1. The second-order valence-electron chi connectivity index (χ2n) is 7.07. The van der Waals surface area contributed by atoms with Crippen LogP contribution in [0.15, 0.2) is 59.0 Å². The third kappa shape index (κ3) is 3.05. The first-order valence-corrected chi connectivity index (χ1v) is 9.73. The minimum Gasteiger partial charge on any atom is -0.454 e. The van der Waals surface area contributed by atoms with Gasteiger partial charge >= 0.3 is 0 Å². The van der Waals surface area contributed by atoms with Gasteiger partial charge in [0.1, 0.15) is 5.75 Å². The monoisotopic (exact) mass is 409 g/mol. The van der Waals surface area contributed by atoms with Gasteiger partial charge in [-0.3, -0.25) is 14.9 Å². The number of likely N-dealkylation sites (N-methyl/N-ethyl adjacent to an activating group) is 1. The van der Waals surface area contributed by atoms with Crippen molar-refractivity contribution in [1.82, 2.24) is 0 Å². The molecule has 2 aromatic carbocycles. The number of fused-ring (bicyclic) bond motifs is 2. The molecule has 0 saturated carbocycles. The highest BCUT2D eigenvalue weighted by atomic mass is 32.2. The summed E-state index contributed by atoms with van der Waals surface area (Å²) in [6.45, 7) is 7.26. The summed E-state index contributed by atoms with van der Waals surface area (Å²) in [5.74, 6) is 0.359. The second-order valence-corrected chi connectivity index (χ2v) is 8.27. The molecule has 8 heteroatoms. The second kappa shape index (κ2) is 6.66. The number of hydrogen-bond acceptors (Lipinski definition) is 6. The minimum absolute atomic E-state index is 0.0287. The molecule has 4 rings (SSSR count). The third-order valence-corrected chi connectivity index (χ3v) is 6.50. The number of carbonyl (C=O) groups is 1. The number of benzene rings is 2. The van der Waals surface area contributed by atoms with E-state index >= 15 is 0 Å². The van der Waals surface area contributed by atoms with Crippen LogP contribution in [0.3, 0.4) is 0 Å². The number of nitro groups is 1. The van der Waals surface area contributed by atoms with Gasteiger partial charge in [0.25, 0.3) is 16.7 Å². The van der Waals surface area contributed by atoms with Gasteiger partial charge in [-0.1, -0.05) is 6.58 Å². The molecule has 2 aromatic rings. The van der Waals surface area contributed by atoms with Crippen LogP contribution < -0.4 is 15.0 Å². The number of rotatable bonds is 3. The summed E-state index contributed by atoms with van der Waals surface area (Å²) in [6, 6.07) is 10.3. The maximum absolute atomic E-state index is 11.9. The molecule has 1 atom stereocenters. The first kappa shape index (κ1) is 19.1. The smallest absolute Gasteiger partial charge is 0.270 e. The van der Waals surface area contributed by atoms with Crippen molar-refractivity contribution in [3.05, 3.63) is 69.8 Å². The summed E-state index contributed by atoms with van der Waals surface area (Å²) < 4.78 is 6.38. The minimum atomic E-state index is -0.789. The fraction of sp³-hybridized carbons (Fsp3) is 0.190. The zero-order valence-corrected chi connectivity index (χ0v) is 17.0. The Morgan fingerprint density at radius 2 is 2.07 bits per heavy atom. The van der Waals surface area contributed by atoms with Crippen molar-refractivity contribution in [2.75, 3.05) is 17.3 Å². The van der Waals surface area contributed by atoms with E-state index in [0.29, 0.717) is 22.6 Å². The van der Waals surface area contributed by atoms with Crippen LogP contribution in [0.4, 0.5) is 17.1 Å². The van der Waals surface area contributed by atoms with Gasteiger partial charge in [-0.15, -0.1) is 0 Å². The van der Waals surface area contributed by atoms with Crippen LogP contribution >= 0.6 is 11.8 Å². The molecule has 148 valence electrons. The highest BCUT2D eigenvalue weighted by molar-refractivity contribution is 8.01. The van der Waals surface area contributed by atoms with E-state index in [1.54, 1.807) is 24.8 Å². The van der Waals surface area contributed by atoms with E-state index in [1.165, 1.54) is 12.1 Å². The Balaban J connectivity index is 1.69. The molecule has 29 heavy (non-hydrogen) atoms. The third-order valence-electron chi connectivity index (χ3n) is 4.98. The van der Waals surface area contributed by atoms with Crippen LogP contribution in [0.2, 0.25) is 0 Å². The highest BCUT2D eigenvalue weighted by Crippen LogP contribution is 2.56. The number of amides is 1. The number of nitro benzene ring substituents is 1. The predicted molar refractivity (Wildman–Crippen MR) is 114 cm³/mol. The first-order valence-electron chi connectivity index (χ1n) is 8.91. The van der Waals surface area contributed by atoms with Gasteiger partial charge in [0.05, 0.1) is 10.6 Å². The molecule has 1 spiro atoms. The SMILES string of the molecule is C=C(C)C(=O)Nc1ccc2c(c1)N(C)C1(Oc3ccc([N+](=O)[O-])cc3C=C1C)S2. The van der Waals surface area contributed by atoms with Crippen LogP contribution in [-0.4, -0.2) is 22.9 Å². The molecule has 1 amide bonds. The molecular weight excluding hydrogens is 390 g/mol. The van der Waals surface area contributed by atoms with Crippen LogP contribution in [0, 0.1) is 10.1 Å². The van der Waals surface area contributed by atoms with Crippen molar-refractivity contribution in [1.29, 1.82) is 0 Å². The largest absolute Gasteiger partial charge is 0.454 e. The maximum atomic E-state index is 11.9. The molecule has 0 bridgehead atoms. The molecule has 0 saturated heterocycles. The average molecular weight is 409 g/mol. The highest BCUT2D eigenvalue weighted by Gasteiger charge is 2.49. The van der Waals surface area contributed by atoms with E-state index in [9.17, 15) is 14.9 Å². The standard InChI is InChI=1S/C21H19N3O4S/c1-12(2)20(25)22-15-5-8-19-17(11-15)23(4)21(29-19)13(3)9-14-10-16(24(26)27)6-7-18(14)28-21/h5-11H,1H2,2-4H3,(H,22,25). The Morgan fingerprint density at radius 3 is 2.76 bits per heavy atom. The summed E-state index contributed by atoms with van der Waals surface area (Å²) >= 11 is 1.55. The Bertz CT molecular complexity index is 1110. The Hall–Kier alpha value is -3.26. The number of nitrogens with one attached hydrogen (secondary N) is 1. The van der Waals surface area contributed by atoms with Crippen molar-refractivity contribution < 1.29 is 14.5 Å². The first-order chi connectivity index (χ1) is 13.7. The van der Waals surface area contributed by atoms with E-state index in [1.807, 2.05) is 43.1 Å². The summed E-state index contributed by atoms with van der Waals surface area (Å²) in [7, 11) is 1.93. The lowest BCUT2D eigenvalue weighted by Crippen LogP contribution is -2.48. The Labute approximate surface area is 172 Å². The summed E-state index contributed by atoms with van der Waals surface area (Å²) in [6.07, 6.45) is 1.92. The van der Waals surface area contributed by atoms with Gasteiger partial charge in [-0.2, -0.15) is 0 Å². The van der Waals surface area contributed by atoms with E-state index in [4.69, 9.17) is 4.74 Å². The van der Waals surface area contributed by atoms with Crippen LogP contribution in [0.25, 0.3) is 6.08 Å². The molecule has 2 aliphatic heterocycles. The molecule has 0 aliphatic carbocycles. The van der Waals surface area contributed by atoms with Crippen molar-refractivity contribution in [3.8, 4) is 5.75 Å². The van der Waals surface area contributed by atoms with Gasteiger partial charge in [0.15, 0.2) is 0 Å². The number of hydrogen-bond donors (Lipinski definition) is 1. The van der Waals surface area contributed by atoms with Gasteiger partial charge in [-0.05, 0) is 56.0 Å². The van der Waals surface area contributed by atoms with Gasteiger partial charge in [0.2, 0.25) is 0 Å². The molecule has 7 nitrogen and oxygen atoms in total. The Morgan fingerprint density at radius 1 is 1.31 bits per heavy atom. The van der Waals surface area contributed by atoms with Gasteiger partial charge in [0, 0.05) is 46.5 Å². The molecule has 0 radical (unpaired) electrons. The van der Waals surface area contributed by atoms with Crippen molar-refractivity contribution in [2.45, 2.75) is 23.8 Å². The quantitative estimate of drug-likeness (QED) is 0.445. The average Bonchev–Trinajstić information content (AvgIpc) is 2.94. The Kier molecular flexibility index (Phi) is 4.38.